The average molecular weight is 252 g/mol. The maximum atomic E-state index is 5.42. The maximum absolute atomic E-state index is 5.42. The van der Waals surface area contributed by atoms with Gasteiger partial charge >= 0.3 is 0 Å². The van der Waals surface area contributed by atoms with E-state index >= 15 is 0 Å². The van der Waals surface area contributed by atoms with Crippen LogP contribution in [0.4, 0.5) is 0 Å². The summed E-state index contributed by atoms with van der Waals surface area (Å²) in [6.45, 7) is 4.10. The Morgan fingerprint density at radius 2 is 1.84 bits per heavy atom. The van der Waals surface area contributed by atoms with E-state index in [0.29, 0.717) is 0 Å². The summed E-state index contributed by atoms with van der Waals surface area (Å²) >= 11 is 0. The normalized spacial score (nSPS) is 13.6. The first-order chi connectivity index (χ1) is 9.31. The number of hydrogen-bond donors (Lipinski definition) is 0. The van der Waals surface area contributed by atoms with Crippen LogP contribution < -0.4 is 15.3 Å². The van der Waals surface area contributed by atoms with Crippen LogP contribution in [-0.4, -0.2) is 16.5 Å². The third-order valence-electron chi connectivity index (χ3n) is 3.48. The van der Waals surface area contributed by atoms with Crippen molar-refractivity contribution in [2.45, 2.75) is 13.8 Å². The predicted molar refractivity (Wildman–Crippen MR) is 78.8 cm³/mol. The number of methoxy groups -OCH3 is 1. The molecule has 0 spiro atoms. The minimum absolute atomic E-state index is 0.761. The highest BCUT2D eigenvalue weighted by atomic mass is 16.5. The van der Waals surface area contributed by atoms with E-state index in [2.05, 4.69) is 46.7 Å². The van der Waals surface area contributed by atoms with Crippen molar-refractivity contribution >= 4 is 28.6 Å². The number of nitrogens with zero attached hydrogens (tertiary/aromatic N) is 2. The first kappa shape index (κ1) is 11.8. The van der Waals surface area contributed by atoms with Crippen LogP contribution in [-0.2, 0) is 0 Å². The van der Waals surface area contributed by atoms with Crippen molar-refractivity contribution in [1.82, 2.24) is 9.38 Å². The van der Waals surface area contributed by atoms with Gasteiger partial charge in [-0.15, -0.1) is 0 Å². The first-order valence-electron chi connectivity index (χ1n) is 6.36. The van der Waals surface area contributed by atoms with E-state index in [4.69, 9.17) is 4.74 Å². The third-order valence-corrected chi connectivity index (χ3v) is 3.48. The van der Waals surface area contributed by atoms with Gasteiger partial charge in [0.1, 0.15) is 5.65 Å². The molecule has 0 bridgehead atoms. The van der Waals surface area contributed by atoms with Crippen LogP contribution in [0.25, 0.3) is 28.6 Å². The molecule has 3 nitrogen and oxygen atoms in total. The van der Waals surface area contributed by atoms with E-state index in [9.17, 15) is 0 Å². The molecule has 0 radical (unpaired) electrons. The Kier molecular flexibility index (Phi) is 2.75. The third kappa shape index (κ3) is 1.55. The second-order valence-electron chi connectivity index (χ2n) is 4.38. The number of ether oxygens (including phenoxy) is 1. The van der Waals surface area contributed by atoms with Gasteiger partial charge in [0, 0.05) is 10.6 Å². The lowest BCUT2D eigenvalue weighted by Gasteiger charge is -2.06. The Bertz CT molecular complexity index is 875. The lowest BCUT2D eigenvalue weighted by Crippen LogP contribution is -2.32. The highest BCUT2D eigenvalue weighted by Gasteiger charge is 2.09. The second-order valence-corrected chi connectivity index (χ2v) is 4.38. The highest BCUT2D eigenvalue weighted by molar-refractivity contribution is 5.94. The summed E-state index contributed by atoms with van der Waals surface area (Å²) in [4.78, 5) is 4.51. The zero-order valence-corrected chi connectivity index (χ0v) is 11.3. The van der Waals surface area contributed by atoms with E-state index < -0.39 is 0 Å². The van der Waals surface area contributed by atoms with Crippen molar-refractivity contribution in [2.24, 2.45) is 0 Å². The molecular formula is C16H16N2O. The van der Waals surface area contributed by atoms with Crippen LogP contribution in [0.1, 0.15) is 13.8 Å². The summed E-state index contributed by atoms with van der Waals surface area (Å²) in [5.41, 5.74) is 0.936. The van der Waals surface area contributed by atoms with Crippen molar-refractivity contribution in [3.63, 3.8) is 0 Å². The highest BCUT2D eigenvalue weighted by Crippen LogP contribution is 2.18. The smallest absolute Gasteiger partial charge is 0.218 e. The van der Waals surface area contributed by atoms with Gasteiger partial charge in [0.25, 0.3) is 0 Å². The van der Waals surface area contributed by atoms with E-state index in [0.717, 1.165) is 22.3 Å². The van der Waals surface area contributed by atoms with Gasteiger partial charge < -0.3 is 4.74 Å². The Hall–Kier alpha value is -2.29. The lowest BCUT2D eigenvalue weighted by molar-refractivity contribution is 0.393. The SMILES string of the molecule is C/C=c1\c(=C/C)n2c(OC)cnc2c2ccccc12. The molecule has 0 aliphatic heterocycles. The minimum Gasteiger partial charge on any atom is -0.481 e. The second kappa shape index (κ2) is 4.43. The molecule has 3 heteroatoms. The van der Waals surface area contributed by atoms with Crippen LogP contribution in [0.2, 0.25) is 0 Å². The summed E-state index contributed by atoms with van der Waals surface area (Å²) in [7, 11) is 1.67. The van der Waals surface area contributed by atoms with E-state index in [1.54, 1.807) is 13.3 Å². The number of rotatable bonds is 1. The molecule has 3 aromatic rings. The summed E-state index contributed by atoms with van der Waals surface area (Å²) in [6.07, 6.45) is 6.00. The Balaban J connectivity index is 2.77. The molecule has 0 saturated heterocycles. The number of fused-ring (bicyclic) bond motifs is 3. The molecule has 0 aliphatic carbocycles. The number of imidazole rings is 1. The number of hydrogen-bond acceptors (Lipinski definition) is 2. The standard InChI is InChI=1S/C16H16N2O/c1-4-11-12-8-6-7-9-13(12)16-17-10-15(19-3)18(16)14(11)5-2/h4-10H,1-3H3/b11-4-,14-5+. The Labute approximate surface area is 111 Å². The van der Waals surface area contributed by atoms with E-state index in [1.165, 1.54) is 10.6 Å². The fourth-order valence-corrected chi connectivity index (χ4v) is 2.66. The van der Waals surface area contributed by atoms with Crippen LogP contribution in [0.3, 0.4) is 0 Å². The van der Waals surface area contributed by atoms with Crippen molar-refractivity contribution in [2.75, 3.05) is 7.11 Å². The topological polar surface area (TPSA) is 26.5 Å². The molecular weight excluding hydrogens is 236 g/mol. The van der Waals surface area contributed by atoms with Gasteiger partial charge in [0.05, 0.1) is 18.7 Å². The average Bonchev–Trinajstić information content (AvgIpc) is 2.89. The van der Waals surface area contributed by atoms with Gasteiger partial charge in [-0.3, -0.25) is 4.40 Å². The minimum atomic E-state index is 0.761. The fraction of sp³-hybridized carbons (Fsp3) is 0.188. The van der Waals surface area contributed by atoms with E-state index in [1.807, 2.05) is 13.0 Å². The monoisotopic (exact) mass is 252 g/mol. The zero-order chi connectivity index (χ0) is 13.4. The van der Waals surface area contributed by atoms with Gasteiger partial charge in [-0.2, -0.15) is 0 Å². The Morgan fingerprint density at radius 3 is 2.47 bits per heavy atom. The molecule has 2 aromatic heterocycles. The molecule has 0 atom stereocenters. The first-order valence-corrected chi connectivity index (χ1v) is 6.36. The molecule has 19 heavy (non-hydrogen) atoms. The molecule has 1 aromatic carbocycles. The molecule has 2 heterocycles. The Morgan fingerprint density at radius 1 is 1.11 bits per heavy atom. The summed E-state index contributed by atoms with van der Waals surface area (Å²) < 4.78 is 7.49. The largest absolute Gasteiger partial charge is 0.481 e. The van der Waals surface area contributed by atoms with Crippen LogP contribution in [0, 0.1) is 0 Å². The molecule has 96 valence electrons. The van der Waals surface area contributed by atoms with Gasteiger partial charge in [0.15, 0.2) is 0 Å². The zero-order valence-electron chi connectivity index (χ0n) is 11.3. The molecule has 0 fully saturated rings. The lowest BCUT2D eigenvalue weighted by atomic mass is 10.1. The maximum Gasteiger partial charge on any atom is 0.218 e. The number of benzene rings is 1. The molecule has 0 N–H and O–H groups in total. The predicted octanol–water partition coefficient (Wildman–Crippen LogP) is 2.10. The summed E-state index contributed by atoms with van der Waals surface area (Å²) in [5.74, 6) is 0.761. The fourth-order valence-electron chi connectivity index (χ4n) is 2.66. The summed E-state index contributed by atoms with van der Waals surface area (Å²) in [6, 6.07) is 8.34. The van der Waals surface area contributed by atoms with Gasteiger partial charge in [0.2, 0.25) is 5.88 Å². The molecule has 0 saturated carbocycles. The quantitative estimate of drug-likeness (QED) is 0.663. The van der Waals surface area contributed by atoms with Crippen LogP contribution >= 0.6 is 0 Å². The summed E-state index contributed by atoms with van der Waals surface area (Å²) in [5, 5.41) is 4.69. The van der Waals surface area contributed by atoms with Gasteiger partial charge in [-0.25, -0.2) is 4.98 Å². The molecule has 3 rings (SSSR count). The number of pyridine rings is 1. The van der Waals surface area contributed by atoms with E-state index in [-0.39, 0.29) is 0 Å². The molecule has 0 amide bonds. The number of aromatic nitrogens is 2. The molecule has 0 unspecified atom stereocenters. The van der Waals surface area contributed by atoms with Gasteiger partial charge in [-0.1, -0.05) is 36.4 Å². The van der Waals surface area contributed by atoms with Crippen molar-refractivity contribution in [3.05, 3.63) is 41.0 Å². The van der Waals surface area contributed by atoms with Crippen LogP contribution in [0.15, 0.2) is 30.5 Å². The van der Waals surface area contributed by atoms with Crippen molar-refractivity contribution in [3.8, 4) is 5.88 Å². The van der Waals surface area contributed by atoms with Crippen molar-refractivity contribution < 1.29 is 4.74 Å². The van der Waals surface area contributed by atoms with Gasteiger partial charge in [-0.05, 0) is 19.2 Å². The van der Waals surface area contributed by atoms with Crippen molar-refractivity contribution in [1.29, 1.82) is 0 Å². The molecule has 0 aliphatic rings. The van der Waals surface area contributed by atoms with Crippen LogP contribution in [0.5, 0.6) is 5.88 Å².